The Labute approximate surface area is 126 Å². The van der Waals surface area contributed by atoms with Crippen molar-refractivity contribution < 1.29 is 9.18 Å². The van der Waals surface area contributed by atoms with Crippen LogP contribution in [0.5, 0.6) is 0 Å². The van der Waals surface area contributed by atoms with Gasteiger partial charge in [0.2, 0.25) is 0 Å². The number of urea groups is 1. The van der Waals surface area contributed by atoms with Crippen LogP contribution in [0.4, 0.5) is 9.18 Å². The molecule has 21 heavy (non-hydrogen) atoms. The van der Waals surface area contributed by atoms with Crippen molar-refractivity contribution in [3.05, 3.63) is 41.8 Å². The van der Waals surface area contributed by atoms with Crippen LogP contribution >= 0.6 is 0 Å². The molecule has 0 aliphatic heterocycles. The van der Waals surface area contributed by atoms with E-state index < -0.39 is 0 Å². The molecule has 0 bridgehead atoms. The Balaban J connectivity index is 2.57. The van der Waals surface area contributed by atoms with Gasteiger partial charge in [-0.1, -0.05) is 39.8 Å². The van der Waals surface area contributed by atoms with Crippen LogP contribution in [0.1, 0.15) is 33.3 Å². The molecule has 1 aromatic rings. The molecule has 2 amide bonds. The highest BCUT2D eigenvalue weighted by Crippen LogP contribution is 2.06. The van der Waals surface area contributed by atoms with E-state index in [1.165, 1.54) is 12.1 Å². The van der Waals surface area contributed by atoms with Crippen molar-refractivity contribution >= 4 is 12.1 Å². The minimum absolute atomic E-state index is 0.101. The second kappa shape index (κ2) is 8.45. The lowest BCUT2D eigenvalue weighted by Gasteiger charge is -2.25. The van der Waals surface area contributed by atoms with Crippen molar-refractivity contribution in [3.63, 3.8) is 0 Å². The van der Waals surface area contributed by atoms with Crippen LogP contribution < -0.4 is 5.32 Å². The summed E-state index contributed by atoms with van der Waals surface area (Å²) in [4.78, 5) is 14.0. The number of hydrogen-bond acceptors (Lipinski definition) is 1. The summed E-state index contributed by atoms with van der Waals surface area (Å²) >= 11 is 0. The van der Waals surface area contributed by atoms with Crippen LogP contribution in [0, 0.1) is 17.7 Å². The summed E-state index contributed by atoms with van der Waals surface area (Å²) in [6.45, 7) is 9.83. The summed E-state index contributed by atoms with van der Waals surface area (Å²) in [5.41, 5.74) is 0.843. The monoisotopic (exact) mass is 292 g/mol. The zero-order chi connectivity index (χ0) is 15.8. The molecular formula is C17H25FN2O. The normalized spacial score (nSPS) is 11.4. The summed E-state index contributed by atoms with van der Waals surface area (Å²) in [6.07, 6.45) is 3.35. The predicted molar refractivity (Wildman–Crippen MR) is 85.2 cm³/mol. The second-order valence-corrected chi connectivity index (χ2v) is 6.03. The number of carbonyl (C=O) groups excluding carboxylic acids is 1. The Hall–Kier alpha value is -1.84. The van der Waals surface area contributed by atoms with Gasteiger partial charge >= 0.3 is 6.03 Å². The Kier molecular flexibility index (Phi) is 6.92. The number of benzene rings is 1. The van der Waals surface area contributed by atoms with Crippen LogP contribution in [-0.2, 0) is 0 Å². The first-order valence-corrected chi connectivity index (χ1v) is 7.36. The van der Waals surface area contributed by atoms with Gasteiger partial charge in [-0.15, -0.1) is 0 Å². The van der Waals surface area contributed by atoms with E-state index in [0.29, 0.717) is 11.8 Å². The van der Waals surface area contributed by atoms with Gasteiger partial charge in [-0.3, -0.25) is 0 Å². The smallest absolute Gasteiger partial charge is 0.321 e. The molecule has 1 rings (SSSR count). The van der Waals surface area contributed by atoms with Crippen LogP contribution in [0.25, 0.3) is 6.08 Å². The summed E-state index contributed by atoms with van der Waals surface area (Å²) in [5.74, 6) is 0.586. The van der Waals surface area contributed by atoms with E-state index in [4.69, 9.17) is 0 Å². The molecule has 0 aliphatic rings. The maximum absolute atomic E-state index is 12.8. The first-order chi connectivity index (χ1) is 9.88. The highest BCUT2D eigenvalue weighted by molar-refractivity contribution is 5.76. The molecule has 0 aromatic heterocycles. The first kappa shape index (κ1) is 17.2. The van der Waals surface area contributed by atoms with Gasteiger partial charge in [0.15, 0.2) is 0 Å². The molecule has 1 aromatic carbocycles. The third-order valence-corrected chi connectivity index (χ3v) is 2.81. The maximum atomic E-state index is 12.8. The van der Waals surface area contributed by atoms with Gasteiger partial charge in [-0.2, -0.15) is 0 Å². The second-order valence-electron chi connectivity index (χ2n) is 6.03. The minimum atomic E-state index is -0.267. The molecule has 0 unspecified atom stereocenters. The molecule has 0 saturated carbocycles. The predicted octanol–water partition coefficient (Wildman–Crippen LogP) is 4.12. The topological polar surface area (TPSA) is 32.3 Å². The van der Waals surface area contributed by atoms with E-state index in [2.05, 4.69) is 33.0 Å². The summed E-state index contributed by atoms with van der Waals surface area (Å²) in [6, 6.07) is 6.02. The molecule has 3 nitrogen and oxygen atoms in total. The standard InChI is InChI=1S/C17H25FN2O/c1-13(2)11-20(12-14(3)4)17(21)19-10-9-15-5-7-16(18)8-6-15/h5-10,13-14H,11-12H2,1-4H3,(H,19,21)/b10-9+. The Bertz CT molecular complexity index is 456. The molecule has 116 valence electrons. The summed E-state index contributed by atoms with van der Waals surface area (Å²) in [5, 5.41) is 2.77. The lowest BCUT2D eigenvalue weighted by molar-refractivity contribution is 0.187. The van der Waals surface area contributed by atoms with Gasteiger partial charge in [0.25, 0.3) is 0 Å². The van der Waals surface area contributed by atoms with Gasteiger partial charge in [-0.05, 0) is 35.6 Å². The Morgan fingerprint density at radius 3 is 2.14 bits per heavy atom. The molecule has 0 spiro atoms. The Morgan fingerprint density at radius 1 is 1.14 bits per heavy atom. The largest absolute Gasteiger partial charge is 0.324 e. The number of rotatable bonds is 6. The van der Waals surface area contributed by atoms with Crippen molar-refractivity contribution in [1.29, 1.82) is 0 Å². The van der Waals surface area contributed by atoms with Crippen molar-refractivity contribution in [2.45, 2.75) is 27.7 Å². The molecule has 0 saturated heterocycles. The number of carbonyl (C=O) groups is 1. The molecule has 0 aliphatic carbocycles. The average Bonchev–Trinajstić information content (AvgIpc) is 2.39. The lowest BCUT2D eigenvalue weighted by Crippen LogP contribution is -2.41. The van der Waals surface area contributed by atoms with Gasteiger partial charge in [-0.25, -0.2) is 9.18 Å². The molecule has 0 atom stereocenters. The van der Waals surface area contributed by atoms with Crippen LogP contribution in [0.15, 0.2) is 30.5 Å². The lowest BCUT2D eigenvalue weighted by atomic mass is 10.1. The molecule has 4 heteroatoms. The fourth-order valence-corrected chi connectivity index (χ4v) is 2.00. The average molecular weight is 292 g/mol. The summed E-state index contributed by atoms with van der Waals surface area (Å²) < 4.78 is 12.8. The van der Waals surface area contributed by atoms with E-state index in [1.54, 1.807) is 24.4 Å². The highest BCUT2D eigenvalue weighted by atomic mass is 19.1. The van der Waals surface area contributed by atoms with Crippen molar-refractivity contribution in [1.82, 2.24) is 10.2 Å². The van der Waals surface area contributed by atoms with Gasteiger partial charge < -0.3 is 10.2 Å². The van der Waals surface area contributed by atoms with Gasteiger partial charge in [0.05, 0.1) is 0 Å². The number of hydrogen-bond donors (Lipinski definition) is 1. The zero-order valence-corrected chi connectivity index (χ0v) is 13.3. The van der Waals surface area contributed by atoms with Crippen LogP contribution in [-0.4, -0.2) is 24.0 Å². The quantitative estimate of drug-likeness (QED) is 0.840. The fraction of sp³-hybridized carbons (Fsp3) is 0.471. The summed E-state index contributed by atoms with van der Waals surface area (Å²) in [7, 11) is 0. The van der Waals surface area contributed by atoms with Crippen molar-refractivity contribution in [3.8, 4) is 0 Å². The van der Waals surface area contributed by atoms with Crippen LogP contribution in [0.2, 0.25) is 0 Å². The third kappa shape index (κ3) is 6.93. The van der Waals surface area contributed by atoms with E-state index in [-0.39, 0.29) is 11.8 Å². The van der Waals surface area contributed by atoms with E-state index in [9.17, 15) is 9.18 Å². The molecular weight excluding hydrogens is 267 g/mol. The minimum Gasteiger partial charge on any atom is -0.324 e. The molecule has 0 heterocycles. The zero-order valence-electron chi connectivity index (χ0n) is 13.3. The van der Waals surface area contributed by atoms with Crippen molar-refractivity contribution in [2.24, 2.45) is 11.8 Å². The van der Waals surface area contributed by atoms with E-state index in [0.717, 1.165) is 18.7 Å². The van der Waals surface area contributed by atoms with Crippen molar-refractivity contribution in [2.75, 3.05) is 13.1 Å². The van der Waals surface area contributed by atoms with Gasteiger partial charge in [0, 0.05) is 19.3 Å². The Morgan fingerprint density at radius 2 is 1.67 bits per heavy atom. The first-order valence-electron chi connectivity index (χ1n) is 7.36. The molecule has 0 fully saturated rings. The van der Waals surface area contributed by atoms with Crippen LogP contribution in [0.3, 0.4) is 0 Å². The van der Waals surface area contributed by atoms with E-state index in [1.807, 2.05) is 4.90 Å². The maximum Gasteiger partial charge on any atom is 0.321 e. The highest BCUT2D eigenvalue weighted by Gasteiger charge is 2.14. The van der Waals surface area contributed by atoms with Gasteiger partial charge in [0.1, 0.15) is 5.82 Å². The number of nitrogens with one attached hydrogen (secondary N) is 1. The SMILES string of the molecule is CC(C)CN(CC(C)C)C(=O)N/C=C/c1ccc(F)cc1. The molecule has 0 radical (unpaired) electrons. The number of halogens is 1. The molecule has 1 N–H and O–H groups in total. The number of amides is 2. The fourth-order valence-electron chi connectivity index (χ4n) is 2.00. The third-order valence-electron chi connectivity index (χ3n) is 2.81. The van der Waals surface area contributed by atoms with E-state index >= 15 is 0 Å². The number of nitrogens with zero attached hydrogens (tertiary/aromatic N) is 1.